The van der Waals surface area contributed by atoms with Gasteiger partial charge in [0.15, 0.2) is 0 Å². The molecule has 5 rings (SSSR count). The molecule has 1 spiro atoms. The van der Waals surface area contributed by atoms with E-state index in [1.165, 1.54) is 44.9 Å². The van der Waals surface area contributed by atoms with Crippen molar-refractivity contribution in [3.8, 4) is 0 Å². The molecule has 158 valence electrons. The highest BCUT2D eigenvalue weighted by Crippen LogP contribution is 2.48. The summed E-state index contributed by atoms with van der Waals surface area (Å²) in [6.45, 7) is 5.53. The zero-order valence-electron chi connectivity index (χ0n) is 17.4. The second-order valence-corrected chi connectivity index (χ2v) is 10.0. The first-order valence-corrected chi connectivity index (χ1v) is 12.0. The predicted molar refractivity (Wildman–Crippen MR) is 108 cm³/mol. The molecule has 1 unspecified atom stereocenters. The summed E-state index contributed by atoms with van der Waals surface area (Å²) < 4.78 is 11.9. The lowest BCUT2D eigenvalue weighted by Gasteiger charge is -2.63. The largest absolute Gasteiger partial charge is 0.381 e. The van der Waals surface area contributed by atoms with Gasteiger partial charge in [0, 0.05) is 57.0 Å². The molecule has 1 amide bonds. The van der Waals surface area contributed by atoms with Crippen molar-refractivity contribution < 1.29 is 14.3 Å². The first-order chi connectivity index (χ1) is 13.8. The van der Waals surface area contributed by atoms with Gasteiger partial charge in [0.05, 0.1) is 6.10 Å². The average Bonchev–Trinajstić information content (AvgIpc) is 3.58. The van der Waals surface area contributed by atoms with Crippen molar-refractivity contribution in [2.75, 3.05) is 39.5 Å². The van der Waals surface area contributed by atoms with E-state index in [-0.39, 0.29) is 5.92 Å². The van der Waals surface area contributed by atoms with Crippen LogP contribution >= 0.6 is 0 Å². The van der Waals surface area contributed by atoms with Gasteiger partial charge in [0.1, 0.15) is 0 Å². The quantitative estimate of drug-likeness (QED) is 0.723. The van der Waals surface area contributed by atoms with E-state index in [0.717, 1.165) is 71.1 Å². The lowest BCUT2D eigenvalue weighted by atomic mass is 9.69. The molecule has 0 bridgehead atoms. The number of nitrogens with zero attached hydrogens (tertiary/aromatic N) is 2. The summed E-state index contributed by atoms with van der Waals surface area (Å²) >= 11 is 0. The molecule has 1 atom stereocenters. The predicted octanol–water partition coefficient (Wildman–Crippen LogP) is 3.22. The van der Waals surface area contributed by atoms with Crippen molar-refractivity contribution in [1.29, 1.82) is 0 Å². The van der Waals surface area contributed by atoms with Gasteiger partial charge in [-0.2, -0.15) is 0 Å². The number of hydrogen-bond acceptors (Lipinski definition) is 4. The third kappa shape index (κ3) is 3.75. The Bertz CT molecular complexity index is 544. The normalized spacial score (nSPS) is 32.4. The van der Waals surface area contributed by atoms with E-state index in [1.807, 2.05) is 0 Å². The van der Waals surface area contributed by atoms with Gasteiger partial charge >= 0.3 is 0 Å². The van der Waals surface area contributed by atoms with Crippen LogP contribution in [0, 0.1) is 11.8 Å². The van der Waals surface area contributed by atoms with Crippen LogP contribution in [0.1, 0.15) is 70.6 Å². The molecule has 3 saturated heterocycles. The second kappa shape index (κ2) is 8.23. The van der Waals surface area contributed by atoms with Crippen LogP contribution in [-0.2, 0) is 14.3 Å². The van der Waals surface area contributed by atoms with Crippen LogP contribution in [0.5, 0.6) is 0 Å². The number of amides is 1. The van der Waals surface area contributed by atoms with Crippen molar-refractivity contribution in [3.05, 3.63) is 0 Å². The molecule has 28 heavy (non-hydrogen) atoms. The number of carbonyl (C=O) groups excluding carboxylic acids is 1. The maximum absolute atomic E-state index is 12.9. The van der Waals surface area contributed by atoms with Crippen LogP contribution in [0.2, 0.25) is 0 Å². The molecule has 2 aliphatic carbocycles. The van der Waals surface area contributed by atoms with Crippen molar-refractivity contribution in [2.24, 2.45) is 11.8 Å². The van der Waals surface area contributed by atoms with Crippen molar-refractivity contribution in [3.63, 3.8) is 0 Å². The van der Waals surface area contributed by atoms with E-state index in [4.69, 9.17) is 9.47 Å². The number of likely N-dealkylation sites (tertiary alicyclic amines) is 2. The van der Waals surface area contributed by atoms with Gasteiger partial charge in [-0.3, -0.25) is 9.69 Å². The summed E-state index contributed by atoms with van der Waals surface area (Å²) in [5, 5.41) is 0. The van der Waals surface area contributed by atoms with Crippen LogP contribution in [0.15, 0.2) is 0 Å². The summed E-state index contributed by atoms with van der Waals surface area (Å²) in [6, 6.07) is 0.651. The summed E-state index contributed by atoms with van der Waals surface area (Å²) in [5.74, 6) is 1.46. The van der Waals surface area contributed by atoms with E-state index in [2.05, 4.69) is 9.80 Å². The lowest BCUT2D eigenvalue weighted by molar-refractivity contribution is -0.203. The maximum Gasteiger partial charge on any atom is 0.225 e. The second-order valence-electron chi connectivity index (χ2n) is 10.0. The number of rotatable bonds is 5. The maximum atomic E-state index is 12.9. The summed E-state index contributed by atoms with van der Waals surface area (Å²) in [5.41, 5.74) is 0.324. The Morgan fingerprint density at radius 3 is 2.36 bits per heavy atom. The zero-order valence-corrected chi connectivity index (χ0v) is 17.4. The van der Waals surface area contributed by atoms with Gasteiger partial charge < -0.3 is 14.4 Å². The van der Waals surface area contributed by atoms with Gasteiger partial charge in [-0.05, 0) is 57.3 Å². The molecule has 0 aromatic heterocycles. The fourth-order valence-corrected chi connectivity index (χ4v) is 6.23. The number of hydrogen-bond donors (Lipinski definition) is 0. The lowest BCUT2D eigenvalue weighted by Crippen LogP contribution is -2.75. The highest BCUT2D eigenvalue weighted by Gasteiger charge is 2.56. The molecule has 5 fully saturated rings. The number of carbonyl (C=O) groups is 1. The van der Waals surface area contributed by atoms with Crippen LogP contribution in [0.3, 0.4) is 0 Å². The van der Waals surface area contributed by atoms with E-state index in [9.17, 15) is 4.79 Å². The molecule has 5 aliphatic rings. The van der Waals surface area contributed by atoms with Crippen LogP contribution in [-0.4, -0.2) is 72.8 Å². The van der Waals surface area contributed by atoms with Crippen LogP contribution < -0.4 is 0 Å². The molecule has 3 heterocycles. The Kier molecular flexibility index (Phi) is 5.68. The third-order valence-electron chi connectivity index (χ3n) is 8.27. The van der Waals surface area contributed by atoms with Gasteiger partial charge in [-0.25, -0.2) is 0 Å². The number of piperidine rings is 1. The van der Waals surface area contributed by atoms with E-state index in [0.29, 0.717) is 23.6 Å². The fraction of sp³-hybridized carbons (Fsp3) is 0.957. The zero-order chi connectivity index (χ0) is 19.0. The fourth-order valence-electron chi connectivity index (χ4n) is 6.23. The molecule has 3 aliphatic heterocycles. The minimum Gasteiger partial charge on any atom is -0.381 e. The smallest absolute Gasteiger partial charge is 0.225 e. The van der Waals surface area contributed by atoms with E-state index < -0.39 is 0 Å². The monoisotopic (exact) mass is 390 g/mol. The molecule has 0 aromatic carbocycles. The summed E-state index contributed by atoms with van der Waals surface area (Å²) in [4.78, 5) is 17.8. The van der Waals surface area contributed by atoms with Crippen LogP contribution in [0.4, 0.5) is 0 Å². The van der Waals surface area contributed by atoms with Gasteiger partial charge in [-0.15, -0.1) is 0 Å². The van der Waals surface area contributed by atoms with Crippen molar-refractivity contribution >= 4 is 5.91 Å². The minimum absolute atomic E-state index is 0.208. The molecule has 5 nitrogen and oxygen atoms in total. The molecule has 0 N–H and O–H groups in total. The first-order valence-electron chi connectivity index (χ1n) is 12.0. The average molecular weight is 391 g/mol. The third-order valence-corrected chi connectivity index (χ3v) is 8.27. The topological polar surface area (TPSA) is 42.0 Å². The molecular weight excluding hydrogens is 352 g/mol. The van der Waals surface area contributed by atoms with Crippen LogP contribution in [0.25, 0.3) is 0 Å². The molecule has 2 saturated carbocycles. The Morgan fingerprint density at radius 2 is 1.68 bits per heavy atom. The van der Waals surface area contributed by atoms with Crippen molar-refractivity contribution in [1.82, 2.24) is 9.80 Å². The van der Waals surface area contributed by atoms with Gasteiger partial charge in [-0.1, -0.05) is 19.3 Å². The first kappa shape index (κ1) is 19.3. The Morgan fingerprint density at radius 1 is 0.964 bits per heavy atom. The highest BCUT2D eigenvalue weighted by molar-refractivity contribution is 5.79. The summed E-state index contributed by atoms with van der Waals surface area (Å²) in [6.07, 6.45) is 14.1. The van der Waals surface area contributed by atoms with Gasteiger partial charge in [0.25, 0.3) is 0 Å². The SMILES string of the molecule is O=C(C1CCOCC1)N1CCC(N2CC(OCC3CC3)C23CCCCC3)CC1. The Labute approximate surface area is 170 Å². The Hall–Kier alpha value is -0.650. The molecule has 5 heteroatoms. The molecular formula is C23H38N2O3. The van der Waals surface area contributed by atoms with E-state index >= 15 is 0 Å². The van der Waals surface area contributed by atoms with E-state index in [1.54, 1.807) is 0 Å². The minimum atomic E-state index is 0.208. The standard InChI is InChI=1S/C23H38N2O3/c26-22(19-8-14-27-15-9-19)24-12-6-20(7-13-24)25-16-21(28-17-18-4-5-18)23(25)10-2-1-3-11-23/h18-21H,1-17H2. The number of ether oxygens (including phenoxy) is 2. The highest BCUT2D eigenvalue weighted by atomic mass is 16.5. The summed E-state index contributed by atoms with van der Waals surface area (Å²) in [7, 11) is 0. The molecule has 0 aromatic rings. The molecule has 0 radical (unpaired) electrons. The Balaban J connectivity index is 1.16. The van der Waals surface area contributed by atoms with Gasteiger partial charge in [0.2, 0.25) is 5.91 Å². The van der Waals surface area contributed by atoms with Crippen molar-refractivity contribution in [2.45, 2.75) is 88.3 Å².